The van der Waals surface area contributed by atoms with E-state index in [-0.39, 0.29) is 4.90 Å². The molecular formula is C17H36O3S. The molecule has 1 rings (SSSR count). The lowest BCUT2D eigenvalue weighted by Gasteiger charge is -2.06. The third kappa shape index (κ3) is 12.6. The van der Waals surface area contributed by atoms with Gasteiger partial charge in [-0.25, -0.2) is 0 Å². The highest BCUT2D eigenvalue weighted by atomic mass is 32.2. The van der Waals surface area contributed by atoms with Crippen molar-refractivity contribution in [3.63, 3.8) is 0 Å². The Balaban J connectivity index is -0.000000156. The fourth-order valence-electron chi connectivity index (χ4n) is 1.21. The molecule has 0 heterocycles. The van der Waals surface area contributed by atoms with Gasteiger partial charge >= 0.3 is 0 Å². The fourth-order valence-corrected chi connectivity index (χ4v) is 2.00. The summed E-state index contributed by atoms with van der Waals surface area (Å²) in [5, 5.41) is 0. The van der Waals surface area contributed by atoms with Crippen LogP contribution in [0.25, 0.3) is 0 Å². The van der Waals surface area contributed by atoms with Crippen molar-refractivity contribution in [1.82, 2.24) is 0 Å². The van der Waals surface area contributed by atoms with Gasteiger partial charge in [-0.15, -0.1) is 0 Å². The van der Waals surface area contributed by atoms with Crippen molar-refractivity contribution in [2.45, 2.75) is 81.1 Å². The quantitative estimate of drug-likeness (QED) is 0.649. The highest BCUT2D eigenvalue weighted by Crippen LogP contribution is 2.19. The summed E-state index contributed by atoms with van der Waals surface area (Å²) in [6, 6.07) is 3.23. The lowest BCUT2D eigenvalue weighted by molar-refractivity contribution is 0.482. The van der Waals surface area contributed by atoms with Gasteiger partial charge in [0, 0.05) is 0 Å². The first kappa shape index (κ1) is 28.3. The molecular weight excluding hydrogens is 284 g/mol. The van der Waals surface area contributed by atoms with E-state index in [2.05, 4.69) is 0 Å². The van der Waals surface area contributed by atoms with Gasteiger partial charge in [0.1, 0.15) is 0 Å². The van der Waals surface area contributed by atoms with Gasteiger partial charge in [0.25, 0.3) is 10.1 Å². The summed E-state index contributed by atoms with van der Waals surface area (Å²) in [5.74, 6) is 0. The minimum atomic E-state index is -4.07. The molecule has 0 saturated carbocycles. The molecule has 0 amide bonds. The third-order valence-corrected chi connectivity index (χ3v) is 3.06. The average molecular weight is 321 g/mol. The van der Waals surface area contributed by atoms with Crippen LogP contribution in [0.5, 0.6) is 0 Å². The van der Waals surface area contributed by atoms with Gasteiger partial charge in [0.05, 0.1) is 4.90 Å². The summed E-state index contributed by atoms with van der Waals surface area (Å²) in [6.45, 7) is 21.4. The molecule has 4 heteroatoms. The van der Waals surface area contributed by atoms with Gasteiger partial charge in [-0.05, 0) is 43.5 Å². The van der Waals surface area contributed by atoms with Crippen molar-refractivity contribution in [3.8, 4) is 0 Å². The molecule has 1 aromatic carbocycles. The van der Waals surface area contributed by atoms with Crippen molar-refractivity contribution in [3.05, 3.63) is 28.8 Å². The zero-order valence-corrected chi connectivity index (χ0v) is 16.6. The molecule has 0 radical (unpaired) electrons. The lowest BCUT2D eigenvalue weighted by Crippen LogP contribution is -2.02. The van der Waals surface area contributed by atoms with E-state index in [4.69, 9.17) is 4.55 Å². The Labute approximate surface area is 133 Å². The fraction of sp³-hybridized carbons (Fsp3) is 0.647. The Bertz CT molecular complexity index is 436. The molecule has 1 N–H and O–H groups in total. The molecule has 0 aromatic heterocycles. The van der Waals surface area contributed by atoms with Crippen LogP contribution >= 0.6 is 0 Å². The SMILES string of the molecule is CC.CC.CC.CC.Cc1cc(C)c(S(=O)(=O)O)cc1C. The molecule has 0 atom stereocenters. The number of hydrogen-bond donors (Lipinski definition) is 1. The van der Waals surface area contributed by atoms with Crippen LogP contribution in [0.1, 0.15) is 72.1 Å². The average Bonchev–Trinajstić information content (AvgIpc) is 2.50. The maximum absolute atomic E-state index is 10.9. The largest absolute Gasteiger partial charge is 0.294 e. The van der Waals surface area contributed by atoms with E-state index < -0.39 is 10.1 Å². The van der Waals surface area contributed by atoms with Crippen molar-refractivity contribution < 1.29 is 13.0 Å². The monoisotopic (exact) mass is 320 g/mol. The summed E-state index contributed by atoms with van der Waals surface area (Å²) in [5.41, 5.74) is 2.45. The third-order valence-electron chi connectivity index (χ3n) is 2.07. The number of rotatable bonds is 1. The van der Waals surface area contributed by atoms with Gasteiger partial charge in [-0.1, -0.05) is 61.5 Å². The van der Waals surface area contributed by atoms with Crippen LogP contribution in [-0.2, 0) is 10.1 Å². The van der Waals surface area contributed by atoms with Gasteiger partial charge in [-0.2, -0.15) is 8.42 Å². The lowest BCUT2D eigenvalue weighted by atomic mass is 10.1. The van der Waals surface area contributed by atoms with Crippen molar-refractivity contribution in [2.24, 2.45) is 0 Å². The minimum absolute atomic E-state index is 0.00407. The molecule has 0 bridgehead atoms. The van der Waals surface area contributed by atoms with E-state index in [1.807, 2.05) is 69.2 Å². The molecule has 0 saturated heterocycles. The van der Waals surface area contributed by atoms with E-state index in [0.29, 0.717) is 5.56 Å². The Morgan fingerprint density at radius 3 is 1.24 bits per heavy atom. The Morgan fingerprint density at radius 1 is 0.667 bits per heavy atom. The topological polar surface area (TPSA) is 54.4 Å². The van der Waals surface area contributed by atoms with Crippen LogP contribution in [0.4, 0.5) is 0 Å². The van der Waals surface area contributed by atoms with Crippen molar-refractivity contribution >= 4 is 10.1 Å². The second-order valence-electron chi connectivity index (χ2n) is 3.18. The zero-order valence-electron chi connectivity index (χ0n) is 15.8. The minimum Gasteiger partial charge on any atom is -0.282 e. The predicted molar refractivity (Wildman–Crippen MR) is 95.9 cm³/mol. The highest BCUT2D eigenvalue weighted by molar-refractivity contribution is 7.85. The summed E-state index contributed by atoms with van der Waals surface area (Å²) in [4.78, 5) is -0.00407. The Hall–Kier alpha value is -0.870. The van der Waals surface area contributed by atoms with Crippen LogP contribution in [0.15, 0.2) is 17.0 Å². The summed E-state index contributed by atoms with van der Waals surface area (Å²) >= 11 is 0. The van der Waals surface area contributed by atoms with E-state index in [9.17, 15) is 8.42 Å². The number of hydrogen-bond acceptors (Lipinski definition) is 2. The summed E-state index contributed by atoms with van der Waals surface area (Å²) in [6.07, 6.45) is 0. The van der Waals surface area contributed by atoms with Crippen LogP contribution in [0.2, 0.25) is 0 Å². The number of aryl methyl sites for hydroxylation is 3. The van der Waals surface area contributed by atoms with E-state index in [0.717, 1.165) is 11.1 Å². The standard InChI is InChI=1S/C9H12O3S.4C2H6/c1-6-4-8(3)9(5-7(6)2)13(10,11)12;4*1-2/h4-5H,1-3H3,(H,10,11,12);4*1-2H3. The molecule has 3 nitrogen and oxygen atoms in total. The molecule has 0 aliphatic carbocycles. The van der Waals surface area contributed by atoms with Gasteiger partial charge in [0.15, 0.2) is 0 Å². The Kier molecular flexibility index (Phi) is 23.2. The number of benzene rings is 1. The molecule has 0 aliphatic rings. The molecule has 128 valence electrons. The Morgan fingerprint density at radius 2 is 0.952 bits per heavy atom. The van der Waals surface area contributed by atoms with Crippen LogP contribution in [0.3, 0.4) is 0 Å². The van der Waals surface area contributed by atoms with E-state index in [1.54, 1.807) is 13.0 Å². The van der Waals surface area contributed by atoms with Crippen molar-refractivity contribution in [2.75, 3.05) is 0 Å². The van der Waals surface area contributed by atoms with Crippen LogP contribution in [0, 0.1) is 20.8 Å². The first-order chi connectivity index (χ1) is 9.82. The first-order valence-corrected chi connectivity index (χ1v) is 9.31. The predicted octanol–water partition coefficient (Wildman–Crippen LogP) is 5.96. The molecule has 0 unspecified atom stereocenters. The normalized spacial score (nSPS) is 8.38. The zero-order chi connectivity index (χ0) is 18.2. The van der Waals surface area contributed by atoms with Crippen molar-refractivity contribution in [1.29, 1.82) is 0 Å². The van der Waals surface area contributed by atoms with Gasteiger partial charge < -0.3 is 0 Å². The maximum Gasteiger partial charge on any atom is 0.294 e. The molecule has 0 aliphatic heterocycles. The first-order valence-electron chi connectivity index (χ1n) is 7.87. The van der Waals surface area contributed by atoms with E-state index in [1.165, 1.54) is 6.07 Å². The van der Waals surface area contributed by atoms with Gasteiger partial charge in [0.2, 0.25) is 0 Å². The van der Waals surface area contributed by atoms with Gasteiger partial charge in [-0.3, -0.25) is 4.55 Å². The second-order valence-corrected chi connectivity index (χ2v) is 4.57. The molecule has 1 aromatic rings. The molecule has 0 spiro atoms. The van der Waals surface area contributed by atoms with Crippen LogP contribution < -0.4 is 0 Å². The summed E-state index contributed by atoms with van der Waals surface area (Å²) in [7, 11) is -4.07. The second kappa shape index (κ2) is 17.2. The molecule has 0 fully saturated rings. The van der Waals surface area contributed by atoms with E-state index >= 15 is 0 Å². The molecule has 21 heavy (non-hydrogen) atoms. The maximum atomic E-state index is 10.9. The smallest absolute Gasteiger partial charge is 0.282 e. The highest BCUT2D eigenvalue weighted by Gasteiger charge is 2.13. The van der Waals surface area contributed by atoms with Crippen LogP contribution in [-0.4, -0.2) is 13.0 Å². The summed E-state index contributed by atoms with van der Waals surface area (Å²) < 4.78 is 30.6.